The zero-order chi connectivity index (χ0) is 15.5. The number of benzene rings is 1. The Balaban J connectivity index is 1.63. The number of anilines is 1. The monoisotopic (exact) mass is 318 g/mol. The fraction of sp³-hybridized carbons (Fsp3) is 0.375. The number of nitrogens with one attached hydrogen (secondary N) is 2. The molecule has 0 unspecified atom stereocenters. The van der Waals surface area contributed by atoms with Crippen LogP contribution < -0.4 is 10.6 Å². The lowest BCUT2D eigenvalue weighted by molar-refractivity contribution is 0.251. The zero-order valence-electron chi connectivity index (χ0n) is 12.5. The lowest BCUT2D eigenvalue weighted by atomic mass is 9.96. The maximum absolute atomic E-state index is 12.0. The molecule has 1 aromatic heterocycles. The van der Waals surface area contributed by atoms with Gasteiger partial charge in [-0.2, -0.15) is 5.10 Å². The van der Waals surface area contributed by atoms with Crippen molar-refractivity contribution in [2.45, 2.75) is 32.2 Å². The minimum absolute atomic E-state index is 0.275. The van der Waals surface area contributed by atoms with Crippen LogP contribution in [0.4, 0.5) is 10.5 Å². The number of aromatic nitrogens is 2. The van der Waals surface area contributed by atoms with E-state index in [4.69, 9.17) is 11.6 Å². The summed E-state index contributed by atoms with van der Waals surface area (Å²) >= 11 is 6.03. The number of fused-ring (bicyclic) bond motifs is 1. The average molecular weight is 319 g/mol. The summed E-state index contributed by atoms with van der Waals surface area (Å²) < 4.78 is 1.94. The molecule has 116 valence electrons. The van der Waals surface area contributed by atoms with E-state index in [-0.39, 0.29) is 6.03 Å². The van der Waals surface area contributed by atoms with Crippen LogP contribution in [-0.4, -0.2) is 15.8 Å². The lowest BCUT2D eigenvalue weighted by Gasteiger charge is -2.13. The minimum atomic E-state index is -0.275. The van der Waals surface area contributed by atoms with E-state index in [1.807, 2.05) is 23.9 Å². The molecule has 3 rings (SSSR count). The third-order valence-corrected chi connectivity index (χ3v) is 4.32. The number of amides is 2. The van der Waals surface area contributed by atoms with Crippen molar-refractivity contribution in [1.82, 2.24) is 15.1 Å². The quantitative estimate of drug-likeness (QED) is 0.912. The number of para-hydroxylation sites is 1. The van der Waals surface area contributed by atoms with Gasteiger partial charge in [0.25, 0.3) is 0 Å². The number of hydrogen-bond donors (Lipinski definition) is 2. The van der Waals surface area contributed by atoms with Gasteiger partial charge in [-0.1, -0.05) is 23.7 Å². The average Bonchev–Trinajstić information content (AvgIpc) is 2.85. The van der Waals surface area contributed by atoms with Crippen molar-refractivity contribution < 1.29 is 4.79 Å². The molecule has 0 atom stereocenters. The van der Waals surface area contributed by atoms with Crippen LogP contribution in [0.1, 0.15) is 29.8 Å². The van der Waals surface area contributed by atoms with Gasteiger partial charge >= 0.3 is 6.03 Å². The van der Waals surface area contributed by atoms with Crippen LogP contribution in [0.5, 0.6) is 0 Å². The van der Waals surface area contributed by atoms with Gasteiger partial charge < -0.3 is 10.6 Å². The van der Waals surface area contributed by atoms with Gasteiger partial charge in [0.05, 0.1) is 22.9 Å². The molecule has 0 bridgehead atoms. The number of nitrogens with zero attached hydrogens (tertiary/aromatic N) is 2. The number of halogens is 1. The lowest BCUT2D eigenvalue weighted by Crippen LogP contribution is -2.29. The Morgan fingerprint density at radius 2 is 2.09 bits per heavy atom. The number of carbonyl (C=O) groups excluding carboxylic acids is 1. The van der Waals surface area contributed by atoms with E-state index < -0.39 is 0 Å². The SMILES string of the molecule is Cn1nc(CNC(=O)Nc2ccccc2Cl)c2c1CCCC2. The molecule has 1 heterocycles. The standard InChI is InChI=1S/C16H19ClN4O/c1-21-15-9-5-2-6-11(15)14(20-21)10-18-16(22)19-13-8-4-3-7-12(13)17/h3-4,7-8H,2,5-6,9-10H2,1H3,(H2,18,19,22). The molecule has 0 spiro atoms. The van der Waals surface area contributed by atoms with Gasteiger partial charge in [0, 0.05) is 12.7 Å². The fourth-order valence-corrected chi connectivity index (χ4v) is 3.08. The van der Waals surface area contributed by atoms with Gasteiger partial charge in [-0.15, -0.1) is 0 Å². The van der Waals surface area contributed by atoms with E-state index in [9.17, 15) is 4.79 Å². The van der Waals surface area contributed by atoms with E-state index in [1.165, 1.54) is 24.1 Å². The summed E-state index contributed by atoms with van der Waals surface area (Å²) in [5.41, 5.74) is 4.16. The minimum Gasteiger partial charge on any atom is -0.332 e. The van der Waals surface area contributed by atoms with Crippen molar-refractivity contribution in [2.75, 3.05) is 5.32 Å². The van der Waals surface area contributed by atoms with Crippen LogP contribution in [-0.2, 0) is 26.4 Å². The van der Waals surface area contributed by atoms with Gasteiger partial charge in [-0.3, -0.25) is 4.68 Å². The highest BCUT2D eigenvalue weighted by Crippen LogP contribution is 2.24. The molecule has 0 saturated heterocycles. The van der Waals surface area contributed by atoms with Crippen LogP contribution in [0.25, 0.3) is 0 Å². The number of hydrogen-bond acceptors (Lipinski definition) is 2. The van der Waals surface area contributed by atoms with Crippen LogP contribution >= 0.6 is 11.6 Å². The van der Waals surface area contributed by atoms with Crippen molar-refractivity contribution in [2.24, 2.45) is 7.05 Å². The predicted octanol–water partition coefficient (Wildman–Crippen LogP) is 3.27. The maximum atomic E-state index is 12.0. The smallest absolute Gasteiger partial charge is 0.319 e. The first kappa shape index (κ1) is 14.9. The molecule has 22 heavy (non-hydrogen) atoms. The molecule has 1 aliphatic rings. The molecule has 1 aromatic carbocycles. The largest absolute Gasteiger partial charge is 0.332 e. The topological polar surface area (TPSA) is 59.0 Å². The summed E-state index contributed by atoms with van der Waals surface area (Å²) in [7, 11) is 1.97. The van der Waals surface area contributed by atoms with Gasteiger partial charge in [0.15, 0.2) is 0 Å². The van der Waals surface area contributed by atoms with E-state index in [0.717, 1.165) is 18.5 Å². The van der Waals surface area contributed by atoms with Crippen molar-refractivity contribution in [3.05, 3.63) is 46.2 Å². The second-order valence-corrected chi connectivity index (χ2v) is 5.90. The molecule has 6 heteroatoms. The predicted molar refractivity (Wildman–Crippen MR) is 87.2 cm³/mol. The van der Waals surface area contributed by atoms with Gasteiger partial charge in [0.2, 0.25) is 0 Å². The molecule has 2 amide bonds. The summed E-state index contributed by atoms with van der Waals surface area (Å²) in [5, 5.41) is 10.7. The molecular formula is C16H19ClN4O. The second-order valence-electron chi connectivity index (χ2n) is 5.49. The molecule has 5 nitrogen and oxygen atoms in total. The first-order valence-corrected chi connectivity index (χ1v) is 7.86. The maximum Gasteiger partial charge on any atom is 0.319 e. The first-order valence-electron chi connectivity index (χ1n) is 7.48. The van der Waals surface area contributed by atoms with Crippen molar-refractivity contribution in [1.29, 1.82) is 0 Å². The third-order valence-electron chi connectivity index (χ3n) is 3.99. The van der Waals surface area contributed by atoms with E-state index in [0.29, 0.717) is 17.3 Å². The summed E-state index contributed by atoms with van der Waals surface area (Å²) in [6.07, 6.45) is 4.53. The summed E-state index contributed by atoms with van der Waals surface area (Å²) in [6.45, 7) is 0.430. The van der Waals surface area contributed by atoms with Crippen LogP contribution in [0.3, 0.4) is 0 Å². The number of rotatable bonds is 3. The molecule has 0 saturated carbocycles. The molecule has 0 fully saturated rings. The summed E-state index contributed by atoms with van der Waals surface area (Å²) in [4.78, 5) is 12.0. The van der Waals surface area contributed by atoms with Crippen LogP contribution in [0.15, 0.2) is 24.3 Å². The van der Waals surface area contributed by atoms with Gasteiger partial charge in [-0.05, 0) is 43.4 Å². The Labute approximate surface area is 134 Å². The van der Waals surface area contributed by atoms with E-state index in [1.54, 1.807) is 12.1 Å². The fourth-order valence-electron chi connectivity index (χ4n) is 2.89. The summed E-state index contributed by atoms with van der Waals surface area (Å²) in [5.74, 6) is 0. The normalized spacial score (nSPS) is 13.5. The van der Waals surface area contributed by atoms with Gasteiger partial charge in [-0.25, -0.2) is 4.79 Å². The van der Waals surface area contributed by atoms with Crippen LogP contribution in [0, 0.1) is 0 Å². The molecule has 0 aliphatic heterocycles. The summed E-state index contributed by atoms with van der Waals surface area (Å²) in [6, 6.07) is 6.89. The van der Waals surface area contributed by atoms with Crippen molar-refractivity contribution >= 4 is 23.3 Å². The highest BCUT2D eigenvalue weighted by molar-refractivity contribution is 6.33. The highest BCUT2D eigenvalue weighted by Gasteiger charge is 2.19. The Morgan fingerprint density at radius 3 is 2.91 bits per heavy atom. The number of aryl methyl sites for hydroxylation is 1. The molecule has 2 N–H and O–H groups in total. The Bertz CT molecular complexity index is 695. The Hall–Kier alpha value is -2.01. The third kappa shape index (κ3) is 3.09. The van der Waals surface area contributed by atoms with Gasteiger partial charge in [0.1, 0.15) is 0 Å². The first-order chi connectivity index (χ1) is 10.6. The number of urea groups is 1. The van der Waals surface area contributed by atoms with Crippen LogP contribution in [0.2, 0.25) is 5.02 Å². The Morgan fingerprint density at radius 1 is 1.32 bits per heavy atom. The van der Waals surface area contributed by atoms with Crippen molar-refractivity contribution in [3.8, 4) is 0 Å². The molecule has 1 aliphatic carbocycles. The molecular weight excluding hydrogens is 300 g/mol. The van der Waals surface area contributed by atoms with E-state index >= 15 is 0 Å². The highest BCUT2D eigenvalue weighted by atomic mass is 35.5. The zero-order valence-corrected chi connectivity index (χ0v) is 13.3. The Kier molecular flexibility index (Phi) is 4.34. The van der Waals surface area contributed by atoms with Crippen molar-refractivity contribution in [3.63, 3.8) is 0 Å². The van der Waals surface area contributed by atoms with E-state index in [2.05, 4.69) is 15.7 Å². The number of carbonyl (C=O) groups is 1. The second kappa shape index (κ2) is 6.40. The molecule has 0 radical (unpaired) electrons. The molecule has 2 aromatic rings.